The van der Waals surface area contributed by atoms with Crippen LogP contribution in [0.5, 0.6) is 0 Å². The molecule has 2 nitrogen and oxygen atoms in total. The van der Waals surface area contributed by atoms with E-state index < -0.39 is 0 Å². The molecule has 1 aliphatic heterocycles. The molecule has 1 N–H and O–H groups in total. The van der Waals surface area contributed by atoms with Gasteiger partial charge in [-0.05, 0) is 35.9 Å². The molecule has 3 aromatic rings. The number of ether oxygens (including phenoxy) is 1. The average Bonchev–Trinajstić information content (AvgIpc) is 2.62. The second kappa shape index (κ2) is 6.60. The highest BCUT2D eigenvalue weighted by atomic mass is 79.9. The van der Waals surface area contributed by atoms with Crippen molar-refractivity contribution in [3.8, 4) is 0 Å². The lowest BCUT2D eigenvalue weighted by Gasteiger charge is -2.34. The van der Waals surface area contributed by atoms with Gasteiger partial charge in [0.05, 0.1) is 0 Å². The first kappa shape index (κ1) is 15.7. The Morgan fingerprint density at radius 3 is 2.38 bits per heavy atom. The van der Waals surface area contributed by atoms with Crippen molar-refractivity contribution >= 4 is 33.2 Å². The molecule has 0 saturated heterocycles. The molecular weight excluding hydrogens is 386 g/mol. The molecule has 0 unspecified atom stereocenters. The van der Waals surface area contributed by atoms with Gasteiger partial charge in [-0.3, -0.25) is 0 Å². The van der Waals surface area contributed by atoms with E-state index in [9.17, 15) is 0 Å². The molecule has 0 radical (unpaired) electrons. The summed E-state index contributed by atoms with van der Waals surface area (Å²) in [6.45, 7) is 0. The minimum atomic E-state index is -0.211. The molecule has 1 aliphatic rings. The Morgan fingerprint density at radius 1 is 0.875 bits per heavy atom. The van der Waals surface area contributed by atoms with E-state index >= 15 is 0 Å². The largest absolute Gasteiger partial charge is 0.356 e. The van der Waals surface area contributed by atoms with Crippen LogP contribution in [0.4, 0.5) is 5.69 Å². The van der Waals surface area contributed by atoms with Crippen LogP contribution in [0.25, 0.3) is 0 Å². The van der Waals surface area contributed by atoms with E-state index in [1.807, 2.05) is 48.5 Å². The first-order valence-corrected chi connectivity index (χ1v) is 8.90. The van der Waals surface area contributed by atoms with Crippen LogP contribution in [0.1, 0.15) is 29.0 Å². The van der Waals surface area contributed by atoms with Gasteiger partial charge in [0.25, 0.3) is 0 Å². The van der Waals surface area contributed by atoms with Crippen molar-refractivity contribution in [3.05, 3.63) is 99.0 Å². The van der Waals surface area contributed by atoms with Gasteiger partial charge in [-0.1, -0.05) is 70.0 Å². The van der Waals surface area contributed by atoms with E-state index in [0.29, 0.717) is 5.02 Å². The highest BCUT2D eigenvalue weighted by Gasteiger charge is 2.29. The topological polar surface area (TPSA) is 21.3 Å². The molecule has 0 fully saturated rings. The summed E-state index contributed by atoms with van der Waals surface area (Å²) < 4.78 is 7.44. The molecule has 4 heteroatoms. The van der Waals surface area contributed by atoms with E-state index in [1.54, 1.807) is 0 Å². The summed E-state index contributed by atoms with van der Waals surface area (Å²) in [5, 5.41) is 4.17. The number of anilines is 1. The Balaban J connectivity index is 1.77. The Morgan fingerprint density at radius 2 is 1.62 bits per heavy atom. The van der Waals surface area contributed by atoms with Crippen molar-refractivity contribution in [1.29, 1.82) is 0 Å². The van der Waals surface area contributed by atoms with Crippen molar-refractivity contribution < 1.29 is 4.74 Å². The summed E-state index contributed by atoms with van der Waals surface area (Å²) in [7, 11) is 0. The number of halogens is 2. The van der Waals surface area contributed by atoms with Crippen molar-refractivity contribution in [3.63, 3.8) is 0 Å². The summed E-state index contributed by atoms with van der Waals surface area (Å²) in [5.74, 6) is 0. The number of rotatable bonds is 2. The molecule has 3 aromatic carbocycles. The van der Waals surface area contributed by atoms with Gasteiger partial charge < -0.3 is 10.1 Å². The molecule has 0 aromatic heterocycles. The fourth-order valence-corrected chi connectivity index (χ4v) is 3.40. The van der Waals surface area contributed by atoms with Crippen LogP contribution in [0.15, 0.2) is 77.3 Å². The Hall–Kier alpha value is -1.81. The van der Waals surface area contributed by atoms with Crippen LogP contribution in [-0.2, 0) is 4.74 Å². The Labute approximate surface area is 154 Å². The summed E-state index contributed by atoms with van der Waals surface area (Å²) in [5.41, 5.74) is 4.30. The van der Waals surface area contributed by atoms with E-state index in [1.165, 1.54) is 0 Å². The summed E-state index contributed by atoms with van der Waals surface area (Å²) in [6, 6.07) is 24.3. The Kier molecular flexibility index (Phi) is 4.31. The van der Waals surface area contributed by atoms with Gasteiger partial charge in [0.1, 0.15) is 6.10 Å². The van der Waals surface area contributed by atoms with Crippen molar-refractivity contribution in [2.75, 3.05) is 5.32 Å². The summed E-state index contributed by atoms with van der Waals surface area (Å²) >= 11 is 9.69. The zero-order valence-electron chi connectivity index (χ0n) is 12.7. The van der Waals surface area contributed by atoms with E-state index in [-0.39, 0.29) is 12.3 Å². The molecule has 120 valence electrons. The lowest BCUT2D eigenvalue weighted by molar-refractivity contribution is 0.0157. The molecule has 0 saturated carbocycles. The van der Waals surface area contributed by atoms with Gasteiger partial charge in [0.15, 0.2) is 6.23 Å². The highest BCUT2D eigenvalue weighted by molar-refractivity contribution is 9.10. The molecule has 4 rings (SSSR count). The fourth-order valence-electron chi connectivity index (χ4n) is 2.95. The SMILES string of the molecule is Clc1ccc2c(c1)[C@@H](c1ccccc1)O[C@H](c1ccc(Br)cc1)N2. The van der Waals surface area contributed by atoms with E-state index in [4.69, 9.17) is 16.3 Å². The maximum absolute atomic E-state index is 6.39. The Bertz CT molecular complexity index is 851. The van der Waals surface area contributed by atoms with Gasteiger partial charge in [-0.2, -0.15) is 0 Å². The maximum Gasteiger partial charge on any atom is 0.155 e. The minimum Gasteiger partial charge on any atom is -0.356 e. The molecular formula is C20H15BrClNO. The van der Waals surface area contributed by atoms with Crippen molar-refractivity contribution in [1.82, 2.24) is 0 Å². The number of benzene rings is 3. The van der Waals surface area contributed by atoms with Gasteiger partial charge in [-0.25, -0.2) is 0 Å². The van der Waals surface area contributed by atoms with Crippen molar-refractivity contribution in [2.24, 2.45) is 0 Å². The van der Waals surface area contributed by atoms with Gasteiger partial charge >= 0.3 is 0 Å². The molecule has 0 bridgehead atoms. The normalized spacial score (nSPS) is 19.4. The fraction of sp³-hybridized carbons (Fsp3) is 0.100. The minimum absolute atomic E-state index is 0.158. The molecule has 24 heavy (non-hydrogen) atoms. The second-order valence-electron chi connectivity index (χ2n) is 5.73. The first-order chi connectivity index (χ1) is 11.7. The lowest BCUT2D eigenvalue weighted by atomic mass is 9.97. The quantitative estimate of drug-likeness (QED) is 0.542. The standard InChI is InChI=1S/C20H15BrClNO/c21-15-8-6-14(7-9-15)20-23-18-11-10-16(22)12-17(18)19(24-20)13-4-2-1-3-5-13/h1-12,19-20,23H/t19-,20-/m1/s1. The first-order valence-electron chi connectivity index (χ1n) is 7.72. The molecule has 1 heterocycles. The van der Waals surface area contributed by atoms with Gasteiger partial charge in [-0.15, -0.1) is 0 Å². The summed E-state index contributed by atoms with van der Waals surface area (Å²) in [6.07, 6.45) is -0.369. The van der Waals surface area contributed by atoms with Gasteiger partial charge in [0.2, 0.25) is 0 Å². The van der Waals surface area contributed by atoms with Crippen LogP contribution in [0.2, 0.25) is 5.02 Å². The number of hydrogen-bond donors (Lipinski definition) is 1. The van der Waals surface area contributed by atoms with E-state index in [2.05, 4.69) is 45.5 Å². The van der Waals surface area contributed by atoms with Crippen LogP contribution in [0.3, 0.4) is 0 Å². The van der Waals surface area contributed by atoms with E-state index in [0.717, 1.165) is 26.9 Å². The molecule has 0 spiro atoms. The van der Waals surface area contributed by atoms with Crippen LogP contribution < -0.4 is 5.32 Å². The average molecular weight is 401 g/mol. The van der Waals surface area contributed by atoms with Gasteiger partial charge in [0, 0.05) is 26.3 Å². The third-order valence-corrected chi connectivity index (χ3v) is 4.89. The zero-order chi connectivity index (χ0) is 16.5. The number of fused-ring (bicyclic) bond motifs is 1. The number of hydrogen-bond acceptors (Lipinski definition) is 2. The van der Waals surface area contributed by atoms with Crippen molar-refractivity contribution in [2.45, 2.75) is 12.3 Å². The molecule has 0 aliphatic carbocycles. The van der Waals surface area contributed by atoms with Crippen LogP contribution in [-0.4, -0.2) is 0 Å². The molecule has 2 atom stereocenters. The third-order valence-electron chi connectivity index (χ3n) is 4.13. The summed E-state index contributed by atoms with van der Waals surface area (Å²) in [4.78, 5) is 0. The highest BCUT2D eigenvalue weighted by Crippen LogP contribution is 2.42. The predicted molar refractivity (Wildman–Crippen MR) is 101 cm³/mol. The lowest BCUT2D eigenvalue weighted by Crippen LogP contribution is -2.25. The third kappa shape index (κ3) is 3.07. The van der Waals surface area contributed by atoms with Crippen LogP contribution in [0, 0.1) is 0 Å². The number of nitrogens with one attached hydrogen (secondary N) is 1. The smallest absolute Gasteiger partial charge is 0.155 e. The van der Waals surface area contributed by atoms with Crippen LogP contribution >= 0.6 is 27.5 Å². The molecule has 0 amide bonds. The second-order valence-corrected chi connectivity index (χ2v) is 7.09. The predicted octanol–water partition coefficient (Wildman–Crippen LogP) is 6.33. The maximum atomic E-state index is 6.39. The monoisotopic (exact) mass is 399 g/mol. The zero-order valence-corrected chi connectivity index (χ0v) is 15.1.